The Morgan fingerprint density at radius 3 is 1.22 bits per heavy atom. The monoisotopic (exact) mass is 946 g/mol. The third-order valence-electron chi connectivity index (χ3n) is 14.7. The molecule has 0 unspecified atom stereocenters. The van der Waals surface area contributed by atoms with Crippen molar-refractivity contribution >= 4 is 78.5 Å². The van der Waals surface area contributed by atoms with E-state index in [0.717, 1.165) is 28.3 Å². The second-order valence-corrected chi connectivity index (χ2v) is 22.6. The van der Waals surface area contributed by atoms with Gasteiger partial charge < -0.3 is 9.47 Å². The largest absolute Gasteiger partial charge is 0.310 e. The first-order valence-corrected chi connectivity index (χ1v) is 27.2. The van der Waals surface area contributed by atoms with E-state index in [1.54, 1.807) is 0 Å². The highest BCUT2D eigenvalue weighted by Gasteiger charge is 2.41. The quantitative estimate of drug-likeness (QED) is 0.0926. The van der Waals surface area contributed by atoms with Gasteiger partial charge in [-0.25, -0.2) is 0 Å². The summed E-state index contributed by atoms with van der Waals surface area (Å²) in [5, 5.41) is 10.3. The Hall–Kier alpha value is -9.28. The molecule has 0 radical (unpaired) electrons. The molecule has 0 N–H and O–H groups in total. The molecular weight excluding hydrogens is 897 g/mol. The molecule has 3 heteroatoms. The molecule has 0 atom stereocenters. The van der Waals surface area contributed by atoms with Crippen LogP contribution in [0.5, 0.6) is 0 Å². The van der Waals surface area contributed by atoms with Crippen LogP contribution in [-0.4, -0.2) is 12.6 Å². The van der Waals surface area contributed by atoms with Gasteiger partial charge in [0.1, 0.15) is 0 Å². The molecule has 0 bridgehead atoms. The second-order valence-electron chi connectivity index (χ2n) is 18.8. The van der Waals surface area contributed by atoms with Crippen LogP contribution in [0.2, 0.25) is 0 Å². The van der Waals surface area contributed by atoms with Gasteiger partial charge in [0.05, 0.1) is 16.7 Å². The molecule has 0 aliphatic rings. The number of para-hydroxylation sites is 2. The van der Waals surface area contributed by atoms with Crippen molar-refractivity contribution < 1.29 is 0 Å². The summed E-state index contributed by atoms with van der Waals surface area (Å²) in [4.78, 5) is 2.44. The zero-order valence-electron chi connectivity index (χ0n) is 40.3. The second kappa shape index (κ2) is 18.8. The SMILES string of the molecule is c1ccc(-c2cc3ccccc3cc2-c2ccc(N(c3ccc(-c4ccc([Si](c5ccccc5)(c5ccccc5)c5ccccc5)cc4)cc3)c3cccc4c3c3ccccc3n4-c3ccccc3)cc2)cc1. The number of hydrogen-bond acceptors (Lipinski definition) is 1. The lowest BCUT2D eigenvalue weighted by Gasteiger charge is -2.34. The number of hydrogen-bond donors (Lipinski definition) is 0. The average Bonchev–Trinajstić information content (AvgIpc) is 3.82. The Bertz CT molecular complexity index is 3930. The van der Waals surface area contributed by atoms with Crippen molar-refractivity contribution in [3.8, 4) is 39.1 Å². The van der Waals surface area contributed by atoms with Crippen molar-refractivity contribution in [3.05, 3.63) is 303 Å². The number of rotatable bonds is 11. The number of aromatic nitrogens is 1. The van der Waals surface area contributed by atoms with Crippen molar-refractivity contribution in [2.24, 2.45) is 0 Å². The van der Waals surface area contributed by atoms with Crippen LogP contribution in [0.15, 0.2) is 303 Å². The zero-order valence-corrected chi connectivity index (χ0v) is 41.3. The number of anilines is 3. The fourth-order valence-electron chi connectivity index (χ4n) is 11.4. The van der Waals surface area contributed by atoms with E-state index in [1.165, 1.54) is 81.2 Å². The van der Waals surface area contributed by atoms with Crippen LogP contribution in [0, 0.1) is 0 Å². The smallest absolute Gasteiger partial charge is 0.179 e. The van der Waals surface area contributed by atoms with Gasteiger partial charge in [-0.2, -0.15) is 0 Å². The highest BCUT2D eigenvalue weighted by molar-refractivity contribution is 7.19. The Kier molecular flexibility index (Phi) is 11.3. The minimum Gasteiger partial charge on any atom is -0.310 e. The third-order valence-corrected chi connectivity index (χ3v) is 19.5. The van der Waals surface area contributed by atoms with Crippen LogP contribution in [-0.2, 0) is 0 Å². The number of nitrogens with zero attached hydrogens (tertiary/aromatic N) is 2. The summed E-state index contributed by atoms with van der Waals surface area (Å²) in [6.07, 6.45) is 0. The molecule has 0 fully saturated rings. The van der Waals surface area contributed by atoms with E-state index in [0.29, 0.717) is 0 Å². The summed E-state index contributed by atoms with van der Waals surface area (Å²) in [6, 6.07) is 112. The van der Waals surface area contributed by atoms with Gasteiger partial charge in [0, 0.05) is 27.8 Å². The van der Waals surface area contributed by atoms with Crippen LogP contribution in [0.1, 0.15) is 0 Å². The topological polar surface area (TPSA) is 8.17 Å². The molecule has 0 amide bonds. The van der Waals surface area contributed by atoms with Crippen LogP contribution in [0.25, 0.3) is 71.6 Å². The predicted molar refractivity (Wildman–Crippen MR) is 313 cm³/mol. The number of fused-ring (bicyclic) bond motifs is 4. The van der Waals surface area contributed by atoms with Gasteiger partial charge in [-0.15, -0.1) is 0 Å². The Morgan fingerprint density at radius 1 is 0.288 bits per heavy atom. The highest BCUT2D eigenvalue weighted by atomic mass is 28.3. The lowest BCUT2D eigenvalue weighted by molar-refractivity contribution is 1.18. The predicted octanol–water partition coefficient (Wildman–Crippen LogP) is 15.8. The summed E-state index contributed by atoms with van der Waals surface area (Å²) in [5.74, 6) is 0. The molecule has 1 heterocycles. The minimum atomic E-state index is -2.65. The summed E-state index contributed by atoms with van der Waals surface area (Å²) in [5.41, 5.74) is 13.9. The van der Waals surface area contributed by atoms with Gasteiger partial charge in [-0.3, -0.25) is 0 Å². The molecular formula is C70H50N2Si. The maximum absolute atomic E-state index is 2.65. The van der Waals surface area contributed by atoms with Gasteiger partial charge in [-0.1, -0.05) is 237 Å². The van der Waals surface area contributed by atoms with Gasteiger partial charge in [-0.05, 0) is 132 Å². The molecule has 344 valence electrons. The summed E-state index contributed by atoms with van der Waals surface area (Å²) >= 11 is 0. The maximum atomic E-state index is 2.44. The molecule has 0 spiro atoms. The molecule has 0 saturated carbocycles. The van der Waals surface area contributed by atoms with Crippen molar-refractivity contribution in [1.29, 1.82) is 0 Å². The van der Waals surface area contributed by atoms with Gasteiger partial charge in [0.15, 0.2) is 8.07 Å². The fourth-order valence-corrected chi connectivity index (χ4v) is 16.1. The molecule has 0 saturated heterocycles. The molecule has 0 aliphatic heterocycles. The lowest BCUT2D eigenvalue weighted by atomic mass is 9.91. The van der Waals surface area contributed by atoms with Gasteiger partial charge in [0.25, 0.3) is 0 Å². The Morgan fingerprint density at radius 2 is 0.685 bits per heavy atom. The van der Waals surface area contributed by atoms with E-state index < -0.39 is 8.07 Å². The third kappa shape index (κ3) is 7.75. The van der Waals surface area contributed by atoms with E-state index in [2.05, 4.69) is 313 Å². The molecule has 2 nitrogen and oxygen atoms in total. The normalized spacial score (nSPS) is 11.6. The molecule has 1 aromatic heterocycles. The molecule has 73 heavy (non-hydrogen) atoms. The maximum Gasteiger partial charge on any atom is 0.179 e. The fraction of sp³-hybridized carbons (Fsp3) is 0. The van der Waals surface area contributed by atoms with Crippen molar-refractivity contribution in [2.75, 3.05) is 4.90 Å². The lowest BCUT2D eigenvalue weighted by Crippen LogP contribution is -2.74. The van der Waals surface area contributed by atoms with Gasteiger partial charge in [0.2, 0.25) is 0 Å². The number of benzene rings is 12. The minimum absolute atomic E-state index is 1.08. The highest BCUT2D eigenvalue weighted by Crippen LogP contribution is 2.45. The van der Waals surface area contributed by atoms with E-state index in [9.17, 15) is 0 Å². The summed E-state index contributed by atoms with van der Waals surface area (Å²) in [6.45, 7) is 0. The van der Waals surface area contributed by atoms with Crippen molar-refractivity contribution in [2.45, 2.75) is 0 Å². The summed E-state index contributed by atoms with van der Waals surface area (Å²) in [7, 11) is -2.65. The standard InChI is InChI=1S/C70H50N2Si/c1-6-21-53(22-7-1)65-49-55-23-16-17-24-56(55)50-66(65)54-39-45-59(46-40-54)71(68-35-20-36-69-70(68)64-33-18-19-34-67(64)72(69)57-25-8-2-9-26-57)58-43-37-51(38-44-58)52-41-47-63(48-42-52)73(60-27-10-3-11-28-60,61-29-12-4-13-30-61)62-31-14-5-15-32-62/h1-50H. The first-order chi connectivity index (χ1) is 36.2. The molecule has 13 rings (SSSR count). The van der Waals surface area contributed by atoms with Crippen LogP contribution in [0.4, 0.5) is 17.1 Å². The Balaban J connectivity index is 0.945. The molecule has 13 aromatic rings. The van der Waals surface area contributed by atoms with E-state index >= 15 is 0 Å². The van der Waals surface area contributed by atoms with Crippen LogP contribution >= 0.6 is 0 Å². The first kappa shape index (κ1) is 43.7. The van der Waals surface area contributed by atoms with Crippen molar-refractivity contribution in [3.63, 3.8) is 0 Å². The van der Waals surface area contributed by atoms with Crippen molar-refractivity contribution in [1.82, 2.24) is 4.57 Å². The van der Waals surface area contributed by atoms with Crippen LogP contribution in [0.3, 0.4) is 0 Å². The van der Waals surface area contributed by atoms with Gasteiger partial charge >= 0.3 is 0 Å². The zero-order chi connectivity index (χ0) is 48.6. The summed E-state index contributed by atoms with van der Waals surface area (Å²) < 4.78 is 2.40. The van der Waals surface area contributed by atoms with Crippen LogP contribution < -0.4 is 25.6 Å². The first-order valence-electron chi connectivity index (χ1n) is 25.2. The molecule has 0 aliphatic carbocycles. The van der Waals surface area contributed by atoms with E-state index in [-0.39, 0.29) is 0 Å². The average molecular weight is 947 g/mol. The Labute approximate surface area is 428 Å². The molecule has 12 aromatic carbocycles. The van der Waals surface area contributed by atoms with E-state index in [4.69, 9.17) is 0 Å². The van der Waals surface area contributed by atoms with E-state index in [1.807, 2.05) is 0 Å².